The summed E-state index contributed by atoms with van der Waals surface area (Å²) in [4.78, 5) is 10.7. The maximum atomic E-state index is 11.2. The van der Waals surface area contributed by atoms with Gasteiger partial charge in [0.2, 0.25) is 0 Å². The van der Waals surface area contributed by atoms with Crippen LogP contribution in [0, 0.1) is 10.1 Å². The molecular weight excluding hydrogens is 210 g/mol. The van der Waals surface area contributed by atoms with Gasteiger partial charge in [0.25, 0.3) is 15.7 Å². The minimum Gasteiger partial charge on any atom is -0.258 e. The number of nitrogens with two attached hydrogens (primary N) is 1. The Morgan fingerprint density at radius 3 is 2.43 bits per heavy atom. The summed E-state index contributed by atoms with van der Waals surface area (Å²) in [6.07, 6.45) is 0. The fraction of sp³-hybridized carbons (Fsp3) is 0. The highest BCUT2D eigenvalue weighted by Crippen LogP contribution is 2.21. The molecule has 0 aliphatic carbocycles. The lowest BCUT2D eigenvalue weighted by molar-refractivity contribution is -0.387. The van der Waals surface area contributed by atoms with Crippen LogP contribution in [-0.2, 0) is 10.0 Å². The predicted molar refractivity (Wildman–Crippen MR) is 47.6 cm³/mol. The molecule has 0 aliphatic heterocycles. The molecule has 1 aromatic rings. The Hall–Kier alpha value is -1.51. The Labute approximate surface area is 79.7 Å². The molecule has 0 aromatic heterocycles. The highest BCUT2D eigenvalue weighted by Gasteiger charge is 2.23. The Balaban J connectivity index is 3.42. The number of nitro benzene ring substituents is 1. The molecule has 8 heteroatoms. The van der Waals surface area contributed by atoms with E-state index in [1.807, 2.05) is 0 Å². The van der Waals surface area contributed by atoms with E-state index in [0.29, 0.717) is 0 Å². The number of hydrogen-bond acceptors (Lipinski definition) is 5. The highest BCUT2D eigenvalue weighted by molar-refractivity contribution is 7.89. The Kier molecular flexibility index (Phi) is 2.79. The first-order valence-electron chi connectivity index (χ1n) is 3.45. The first kappa shape index (κ1) is 10.6. The molecule has 0 aliphatic rings. The molecule has 0 atom stereocenters. The van der Waals surface area contributed by atoms with Crippen LogP contribution < -0.4 is 10.7 Å². The van der Waals surface area contributed by atoms with Gasteiger partial charge in [0, 0.05) is 6.07 Å². The van der Waals surface area contributed by atoms with Gasteiger partial charge in [-0.05, 0) is 6.07 Å². The van der Waals surface area contributed by atoms with E-state index >= 15 is 0 Å². The first-order valence-corrected chi connectivity index (χ1v) is 4.93. The Bertz CT molecular complexity index is 456. The zero-order chi connectivity index (χ0) is 10.8. The summed E-state index contributed by atoms with van der Waals surface area (Å²) in [5.74, 6) is 4.75. The Morgan fingerprint density at radius 2 is 1.93 bits per heavy atom. The number of para-hydroxylation sites is 1. The fourth-order valence-corrected chi connectivity index (χ4v) is 1.70. The molecule has 1 aromatic carbocycles. The maximum absolute atomic E-state index is 11.2. The largest absolute Gasteiger partial charge is 0.289 e. The van der Waals surface area contributed by atoms with Gasteiger partial charge < -0.3 is 0 Å². The van der Waals surface area contributed by atoms with Gasteiger partial charge in [-0.1, -0.05) is 12.1 Å². The summed E-state index contributed by atoms with van der Waals surface area (Å²) in [5.41, 5.74) is -0.509. The van der Waals surface area contributed by atoms with E-state index in [9.17, 15) is 18.5 Å². The lowest BCUT2D eigenvalue weighted by Gasteiger charge is -2.01. The van der Waals surface area contributed by atoms with Gasteiger partial charge in [0.05, 0.1) is 4.92 Å². The lowest BCUT2D eigenvalue weighted by atomic mass is 10.3. The van der Waals surface area contributed by atoms with Crippen LogP contribution in [0.2, 0.25) is 0 Å². The van der Waals surface area contributed by atoms with Crippen LogP contribution in [0.4, 0.5) is 5.69 Å². The van der Waals surface area contributed by atoms with E-state index in [0.717, 1.165) is 12.1 Å². The number of benzene rings is 1. The van der Waals surface area contributed by atoms with Crippen molar-refractivity contribution >= 4 is 15.7 Å². The molecule has 7 nitrogen and oxygen atoms in total. The lowest BCUT2D eigenvalue weighted by Crippen LogP contribution is -2.30. The number of hydrogen-bond donors (Lipinski definition) is 2. The van der Waals surface area contributed by atoms with Crippen LogP contribution in [0.15, 0.2) is 29.2 Å². The number of nitrogens with zero attached hydrogens (tertiary/aromatic N) is 1. The van der Waals surface area contributed by atoms with E-state index in [-0.39, 0.29) is 0 Å². The average Bonchev–Trinajstić information content (AvgIpc) is 2.18. The summed E-state index contributed by atoms with van der Waals surface area (Å²) >= 11 is 0. The zero-order valence-electron chi connectivity index (χ0n) is 6.88. The third kappa shape index (κ3) is 1.87. The monoisotopic (exact) mass is 217 g/mol. The molecule has 1 rings (SSSR count). The molecule has 0 saturated carbocycles. The van der Waals surface area contributed by atoms with Crippen LogP contribution in [0.25, 0.3) is 0 Å². The van der Waals surface area contributed by atoms with Crippen LogP contribution in [0.3, 0.4) is 0 Å². The van der Waals surface area contributed by atoms with Crippen molar-refractivity contribution in [1.29, 1.82) is 0 Å². The summed E-state index contributed by atoms with van der Waals surface area (Å²) in [6.45, 7) is 0. The summed E-state index contributed by atoms with van der Waals surface area (Å²) in [7, 11) is -3.99. The van der Waals surface area contributed by atoms with Crippen molar-refractivity contribution in [2.75, 3.05) is 0 Å². The van der Waals surface area contributed by atoms with Crippen molar-refractivity contribution in [1.82, 2.24) is 4.83 Å². The van der Waals surface area contributed by atoms with Gasteiger partial charge in [-0.25, -0.2) is 8.42 Å². The van der Waals surface area contributed by atoms with Crippen molar-refractivity contribution in [2.24, 2.45) is 5.84 Å². The van der Waals surface area contributed by atoms with Gasteiger partial charge in [0.15, 0.2) is 4.90 Å². The van der Waals surface area contributed by atoms with Gasteiger partial charge in [0.1, 0.15) is 0 Å². The molecule has 0 heterocycles. The number of sulfonamides is 1. The van der Waals surface area contributed by atoms with Crippen LogP contribution in [0.1, 0.15) is 0 Å². The van der Waals surface area contributed by atoms with Crippen LogP contribution >= 0.6 is 0 Å². The van der Waals surface area contributed by atoms with E-state index in [4.69, 9.17) is 5.84 Å². The molecule has 0 saturated heterocycles. The maximum Gasteiger partial charge on any atom is 0.289 e. The topological polar surface area (TPSA) is 115 Å². The van der Waals surface area contributed by atoms with Crippen LogP contribution in [-0.4, -0.2) is 13.3 Å². The normalized spacial score (nSPS) is 11.2. The van der Waals surface area contributed by atoms with Crippen LogP contribution in [0.5, 0.6) is 0 Å². The third-order valence-corrected chi connectivity index (χ3v) is 2.74. The average molecular weight is 217 g/mol. The van der Waals surface area contributed by atoms with Crippen molar-refractivity contribution in [2.45, 2.75) is 4.90 Å². The number of hydrazine groups is 1. The fourth-order valence-electron chi connectivity index (χ4n) is 0.899. The number of nitrogens with one attached hydrogen (secondary N) is 1. The molecule has 0 spiro atoms. The van der Waals surface area contributed by atoms with Gasteiger partial charge >= 0.3 is 0 Å². The first-order chi connectivity index (χ1) is 6.49. The number of rotatable bonds is 3. The minimum atomic E-state index is -3.99. The smallest absolute Gasteiger partial charge is 0.258 e. The van der Waals surface area contributed by atoms with Gasteiger partial charge in [-0.2, -0.15) is 0 Å². The predicted octanol–water partition coefficient (Wildman–Crippen LogP) is -0.253. The quantitative estimate of drug-likeness (QED) is 0.411. The summed E-state index contributed by atoms with van der Waals surface area (Å²) in [5, 5.41) is 10.5. The van der Waals surface area contributed by atoms with E-state index in [2.05, 4.69) is 0 Å². The third-order valence-electron chi connectivity index (χ3n) is 1.51. The molecule has 0 unspecified atom stereocenters. The molecular formula is C6H7N3O4S. The van der Waals surface area contributed by atoms with Gasteiger partial charge in [-0.3, -0.25) is 16.0 Å². The number of nitro groups is 1. The minimum absolute atomic E-state index is 0.451. The highest BCUT2D eigenvalue weighted by atomic mass is 32.2. The van der Waals surface area contributed by atoms with Gasteiger partial charge in [-0.15, -0.1) is 4.83 Å². The second-order valence-corrected chi connectivity index (χ2v) is 4.03. The van der Waals surface area contributed by atoms with E-state index < -0.39 is 25.5 Å². The van der Waals surface area contributed by atoms with Crippen molar-refractivity contribution in [3.8, 4) is 0 Å². The zero-order valence-corrected chi connectivity index (χ0v) is 7.69. The SMILES string of the molecule is NNS(=O)(=O)c1ccccc1[N+](=O)[O-]. The van der Waals surface area contributed by atoms with E-state index in [1.165, 1.54) is 17.0 Å². The van der Waals surface area contributed by atoms with Crippen molar-refractivity contribution in [3.63, 3.8) is 0 Å². The molecule has 76 valence electrons. The van der Waals surface area contributed by atoms with Crippen molar-refractivity contribution in [3.05, 3.63) is 34.4 Å². The molecule has 0 fully saturated rings. The molecule has 0 amide bonds. The second-order valence-electron chi connectivity index (χ2n) is 2.35. The summed E-state index contributed by atoms with van der Waals surface area (Å²) < 4.78 is 22.4. The van der Waals surface area contributed by atoms with E-state index in [1.54, 1.807) is 0 Å². The molecule has 0 radical (unpaired) electrons. The molecule has 3 N–H and O–H groups in total. The molecule has 0 bridgehead atoms. The Morgan fingerprint density at radius 1 is 1.36 bits per heavy atom. The standard InChI is InChI=1S/C6H7N3O4S/c7-8-14(12,13)6-4-2-1-3-5(6)9(10)11/h1-4,8H,7H2. The molecule has 14 heavy (non-hydrogen) atoms. The van der Waals surface area contributed by atoms with Crippen molar-refractivity contribution < 1.29 is 13.3 Å². The summed E-state index contributed by atoms with van der Waals surface area (Å²) in [6, 6.07) is 4.93. The second kappa shape index (κ2) is 3.70.